The van der Waals surface area contributed by atoms with E-state index in [-0.39, 0.29) is 17.3 Å². The van der Waals surface area contributed by atoms with Gasteiger partial charge >= 0.3 is 21.3 Å². The Morgan fingerprint density at radius 2 is 1.38 bits per heavy atom. The summed E-state index contributed by atoms with van der Waals surface area (Å²) in [5.74, 6) is -0.871. The number of unbranched alkanes of at least 4 members (excludes halogenated alkanes) is 13. The Hall–Kier alpha value is -0.260. The largest absolute Gasteiger partial charge is 0.465 e. The number of carbonyl (C=O) groups excluding carboxylic acids is 2. The van der Waals surface area contributed by atoms with E-state index in [9.17, 15) is 26.8 Å². The van der Waals surface area contributed by atoms with Crippen LogP contribution >= 0.6 is 28.6 Å². The van der Waals surface area contributed by atoms with Crippen molar-refractivity contribution in [1.29, 1.82) is 0 Å². The highest BCUT2D eigenvalue weighted by Gasteiger charge is 2.54. The van der Waals surface area contributed by atoms with E-state index in [0.717, 1.165) is 56.7 Å². The van der Waals surface area contributed by atoms with E-state index in [1.54, 1.807) is 0 Å². The Balaban J connectivity index is 0.000000488. The number of halogens is 3. The molecule has 0 radical (unpaired) electrons. The Morgan fingerprint density at radius 1 is 0.905 bits per heavy atom. The van der Waals surface area contributed by atoms with Gasteiger partial charge < -0.3 is 4.74 Å². The maximum Gasteiger partial charge on any atom is 0.465 e. The summed E-state index contributed by atoms with van der Waals surface area (Å²) < 4.78 is 59.1. The van der Waals surface area contributed by atoms with Crippen LogP contribution in [0.5, 0.6) is 0 Å². The third kappa shape index (κ3) is 14.7. The molecule has 1 N–H and O–H groups in total. The molecule has 0 amide bonds. The molecule has 2 saturated carbocycles. The van der Waals surface area contributed by atoms with Gasteiger partial charge in [-0.1, -0.05) is 119 Å². The lowest BCUT2D eigenvalue weighted by molar-refractivity contribution is -0.161. The van der Waals surface area contributed by atoms with Crippen LogP contribution in [-0.2, 0) is 24.4 Å². The van der Waals surface area contributed by atoms with Crippen LogP contribution in [0.25, 0.3) is 0 Å². The summed E-state index contributed by atoms with van der Waals surface area (Å²) in [5.41, 5.74) is 0. The molecule has 3 atom stereocenters. The van der Waals surface area contributed by atoms with Crippen molar-refractivity contribution in [2.45, 2.75) is 158 Å². The second-order valence-electron chi connectivity index (χ2n) is 12.2. The molecule has 0 aromatic heterocycles. The maximum atomic E-state index is 12.9. The van der Waals surface area contributed by atoms with Crippen LogP contribution in [0.1, 0.15) is 148 Å². The average Bonchev–Trinajstić information content (AvgIpc) is 2.94. The van der Waals surface area contributed by atoms with Gasteiger partial charge in [0.25, 0.3) is 0 Å². The monoisotopic (exact) mass is 704 g/mol. The highest BCUT2D eigenvalue weighted by Crippen LogP contribution is 2.47. The number of carbonyl (C=O) groups is 2. The van der Waals surface area contributed by atoms with Crippen molar-refractivity contribution in [3.63, 3.8) is 0 Å². The second kappa shape index (κ2) is 21.5. The van der Waals surface area contributed by atoms with E-state index in [1.807, 2.05) is 0 Å². The summed E-state index contributed by atoms with van der Waals surface area (Å²) in [6, 6.07) is 0. The highest BCUT2D eigenvalue weighted by molar-refractivity contribution is 9.09. The molecule has 42 heavy (non-hydrogen) atoms. The van der Waals surface area contributed by atoms with E-state index in [0.29, 0.717) is 18.1 Å². The quantitative estimate of drug-likeness (QED) is 0.0457. The van der Waals surface area contributed by atoms with Gasteiger partial charge in [0.2, 0.25) is 0 Å². The summed E-state index contributed by atoms with van der Waals surface area (Å²) in [4.78, 5) is 22.9. The Bertz CT molecular complexity index is 873. The lowest BCUT2D eigenvalue weighted by atomic mass is 9.67. The normalized spacial score (nSPS) is 23.2. The van der Waals surface area contributed by atoms with E-state index < -0.39 is 21.3 Å². The SMILES string of the molecule is CC1CCCCC1(S)C1CCCCC1=O.O=C(OCCCCCCCCCCCCCCCCBr)C(F)(F)S(=O)(=O)O. The van der Waals surface area contributed by atoms with Crippen molar-refractivity contribution in [3.05, 3.63) is 0 Å². The molecule has 248 valence electrons. The van der Waals surface area contributed by atoms with Crippen molar-refractivity contribution in [1.82, 2.24) is 0 Å². The molecule has 2 aliphatic rings. The second-order valence-corrected chi connectivity index (χ2v) is 15.3. The summed E-state index contributed by atoms with van der Waals surface area (Å²) in [5, 5.41) is -3.80. The van der Waals surface area contributed by atoms with Crippen LogP contribution < -0.4 is 0 Å². The van der Waals surface area contributed by atoms with Gasteiger partial charge in [-0.05, 0) is 44.4 Å². The predicted molar refractivity (Wildman–Crippen MR) is 172 cm³/mol. The van der Waals surface area contributed by atoms with E-state index >= 15 is 0 Å². The van der Waals surface area contributed by atoms with Gasteiger partial charge in [-0.3, -0.25) is 9.35 Å². The summed E-state index contributed by atoms with van der Waals surface area (Å²) in [6.07, 6.45) is 25.0. The molecule has 3 unspecified atom stereocenters. The first-order valence-electron chi connectivity index (χ1n) is 16.2. The summed E-state index contributed by atoms with van der Waals surface area (Å²) in [6.45, 7) is 2.01. The standard InChI is InChI=1S/C18H33BrF2O5S.C13H22OS/c19-15-13-11-9-7-5-3-1-2-4-6-8-10-12-14-16-26-17(22)18(20,21)27(23,24)25;1-10-6-4-5-9-13(10,15)11-7-2-3-8-12(11)14/h1-16H2,(H,23,24,25);10-11,15H,2-9H2,1H3. The molecule has 0 bridgehead atoms. The van der Waals surface area contributed by atoms with Crippen molar-refractivity contribution >= 4 is 50.4 Å². The summed E-state index contributed by atoms with van der Waals surface area (Å²) >= 11 is 8.36. The van der Waals surface area contributed by atoms with Gasteiger partial charge in [-0.25, -0.2) is 4.79 Å². The number of Topliss-reactive ketones (excluding diaryl/α,β-unsaturated/α-hetero) is 1. The van der Waals surface area contributed by atoms with Gasteiger partial charge in [-0.15, -0.1) is 0 Å². The van der Waals surface area contributed by atoms with Crippen LogP contribution in [0.3, 0.4) is 0 Å². The van der Waals surface area contributed by atoms with E-state index in [1.165, 1.54) is 83.5 Å². The third-order valence-electron chi connectivity index (χ3n) is 8.80. The van der Waals surface area contributed by atoms with Crippen LogP contribution in [0, 0.1) is 11.8 Å². The minimum absolute atomic E-state index is 0.0236. The molecule has 0 aromatic rings. The zero-order valence-corrected chi connectivity index (χ0v) is 28.9. The van der Waals surface area contributed by atoms with Crippen LogP contribution in [0.15, 0.2) is 0 Å². The fourth-order valence-electron chi connectivity index (χ4n) is 6.06. The van der Waals surface area contributed by atoms with E-state index in [4.69, 9.17) is 17.2 Å². The van der Waals surface area contributed by atoms with Crippen LogP contribution in [0.2, 0.25) is 0 Å². The first-order chi connectivity index (χ1) is 19.9. The molecule has 2 aliphatic carbocycles. The zero-order chi connectivity index (χ0) is 31.5. The van der Waals surface area contributed by atoms with Gasteiger partial charge in [0.05, 0.1) is 6.61 Å². The minimum atomic E-state index is -5.78. The number of hydrogen-bond donors (Lipinski definition) is 2. The number of esters is 1. The number of thiol groups is 1. The molecule has 6 nitrogen and oxygen atoms in total. The smallest absolute Gasteiger partial charge is 0.460 e. The van der Waals surface area contributed by atoms with E-state index in [2.05, 4.69) is 27.6 Å². The van der Waals surface area contributed by atoms with Crippen molar-refractivity contribution in [2.24, 2.45) is 11.8 Å². The molecule has 0 saturated heterocycles. The first-order valence-corrected chi connectivity index (χ1v) is 19.2. The van der Waals surface area contributed by atoms with Crippen molar-refractivity contribution in [3.8, 4) is 0 Å². The average molecular weight is 706 g/mol. The Labute approximate surface area is 267 Å². The maximum absolute atomic E-state index is 12.9. The molecule has 0 heterocycles. The molecular weight excluding hydrogens is 650 g/mol. The highest BCUT2D eigenvalue weighted by atomic mass is 79.9. The fraction of sp³-hybridized carbons (Fsp3) is 0.935. The van der Waals surface area contributed by atoms with Crippen molar-refractivity contribution in [2.75, 3.05) is 11.9 Å². The van der Waals surface area contributed by atoms with Gasteiger partial charge in [0, 0.05) is 22.4 Å². The molecule has 0 spiro atoms. The lowest BCUT2D eigenvalue weighted by Gasteiger charge is -2.45. The Morgan fingerprint density at radius 3 is 1.83 bits per heavy atom. The van der Waals surface area contributed by atoms with Gasteiger partial charge in [-0.2, -0.15) is 29.8 Å². The first kappa shape index (κ1) is 39.8. The Kier molecular flexibility index (Phi) is 20.3. The molecule has 2 rings (SSSR count). The minimum Gasteiger partial charge on any atom is -0.460 e. The third-order valence-corrected chi connectivity index (χ3v) is 11.1. The molecular formula is C31H55BrF2O6S2. The molecule has 0 aromatic carbocycles. The molecule has 11 heteroatoms. The zero-order valence-electron chi connectivity index (χ0n) is 25.6. The lowest BCUT2D eigenvalue weighted by Crippen LogP contribution is -2.46. The van der Waals surface area contributed by atoms with Crippen LogP contribution in [0.4, 0.5) is 8.78 Å². The van der Waals surface area contributed by atoms with Gasteiger partial charge in [0.1, 0.15) is 5.78 Å². The number of ketones is 1. The molecule has 0 aliphatic heterocycles. The number of rotatable bonds is 19. The fourth-order valence-corrected chi connectivity index (χ4v) is 7.28. The number of hydrogen-bond acceptors (Lipinski definition) is 6. The van der Waals surface area contributed by atoms with Gasteiger partial charge in [0.15, 0.2) is 0 Å². The van der Waals surface area contributed by atoms with Crippen LogP contribution in [-0.4, -0.2) is 46.7 Å². The predicted octanol–water partition coefficient (Wildman–Crippen LogP) is 9.49. The summed E-state index contributed by atoms with van der Waals surface area (Å²) in [7, 11) is -5.78. The number of alkyl halides is 3. The number of ether oxygens (including phenoxy) is 1. The topological polar surface area (TPSA) is 97.7 Å². The van der Waals surface area contributed by atoms with Crippen molar-refractivity contribution < 1.29 is 36.1 Å². The molecule has 2 fully saturated rings.